The van der Waals surface area contributed by atoms with Crippen LogP contribution in [0.15, 0.2) is 36.5 Å². The maximum atomic E-state index is 13.4. The molecule has 0 aliphatic carbocycles. The summed E-state index contributed by atoms with van der Waals surface area (Å²) in [5.41, 5.74) is 2.99. The Morgan fingerprint density at radius 3 is 2.58 bits per heavy atom. The van der Waals surface area contributed by atoms with E-state index in [9.17, 15) is 4.39 Å². The van der Waals surface area contributed by atoms with E-state index in [-0.39, 0.29) is 5.02 Å². The van der Waals surface area contributed by atoms with Crippen LogP contribution in [-0.4, -0.2) is 14.5 Å². The van der Waals surface area contributed by atoms with Crippen molar-refractivity contribution in [1.29, 1.82) is 0 Å². The van der Waals surface area contributed by atoms with Gasteiger partial charge in [0.1, 0.15) is 22.5 Å². The van der Waals surface area contributed by atoms with E-state index in [0.29, 0.717) is 10.8 Å². The van der Waals surface area contributed by atoms with Gasteiger partial charge in [-0.25, -0.2) is 14.4 Å². The van der Waals surface area contributed by atoms with Crippen LogP contribution in [0.3, 0.4) is 0 Å². The third kappa shape index (κ3) is 3.28. The van der Waals surface area contributed by atoms with E-state index in [4.69, 9.17) is 23.2 Å². The molecule has 0 fully saturated rings. The van der Waals surface area contributed by atoms with E-state index in [2.05, 4.69) is 21.8 Å². The molecule has 6 heteroatoms. The molecule has 0 amide bonds. The molecule has 0 bridgehead atoms. The summed E-state index contributed by atoms with van der Waals surface area (Å²) in [5, 5.41) is 0.459. The summed E-state index contributed by atoms with van der Waals surface area (Å²) in [6.45, 7) is 3.76. The third-order valence-electron chi connectivity index (χ3n) is 3.49. The molecule has 0 saturated carbocycles. The van der Waals surface area contributed by atoms with Gasteiger partial charge in [0, 0.05) is 17.4 Å². The molecule has 0 radical (unpaired) electrons. The Morgan fingerprint density at radius 2 is 1.88 bits per heavy atom. The predicted octanol–water partition coefficient (Wildman–Crippen LogP) is 4.73. The Morgan fingerprint density at radius 1 is 1.08 bits per heavy atom. The lowest BCUT2D eigenvalue weighted by Gasteiger charge is -2.08. The molecule has 3 rings (SSSR count). The van der Waals surface area contributed by atoms with Gasteiger partial charge < -0.3 is 0 Å². The summed E-state index contributed by atoms with van der Waals surface area (Å²) in [6.07, 6.45) is 1.60. The Balaban J connectivity index is 2.03. The monoisotopic (exact) mass is 359 g/mol. The molecule has 0 saturated heterocycles. The molecular weight excluding hydrogens is 348 g/mol. The predicted molar refractivity (Wildman–Crippen MR) is 93.2 cm³/mol. The van der Waals surface area contributed by atoms with Crippen LogP contribution in [0.25, 0.3) is 5.69 Å². The Labute approximate surface area is 149 Å². The number of aromatic nitrogens is 3. The average molecular weight is 360 g/mol. The fraction of sp³-hybridized carbons (Fsp3) is 0.111. The minimum atomic E-state index is -0.453. The van der Waals surface area contributed by atoms with E-state index in [1.54, 1.807) is 30.5 Å². The summed E-state index contributed by atoms with van der Waals surface area (Å²) in [4.78, 5) is 8.40. The minimum Gasteiger partial charge on any atom is -0.300 e. The van der Waals surface area contributed by atoms with Crippen LogP contribution in [0.5, 0.6) is 0 Å². The highest BCUT2D eigenvalue weighted by atomic mass is 35.5. The molecule has 0 aliphatic rings. The van der Waals surface area contributed by atoms with E-state index in [1.165, 1.54) is 6.07 Å². The molecule has 0 aliphatic heterocycles. The molecule has 2 aromatic heterocycles. The lowest BCUT2D eigenvalue weighted by Crippen LogP contribution is -1.99. The molecular formula is C18H12Cl2FN3. The smallest absolute Gasteiger partial charge is 0.141 e. The third-order valence-corrected chi connectivity index (χ3v) is 3.98. The highest BCUT2D eigenvalue weighted by molar-refractivity contribution is 6.30. The lowest BCUT2D eigenvalue weighted by atomic mass is 10.2. The summed E-state index contributed by atoms with van der Waals surface area (Å²) >= 11 is 11.7. The zero-order valence-electron chi connectivity index (χ0n) is 12.9. The van der Waals surface area contributed by atoms with Gasteiger partial charge in [-0.3, -0.25) is 4.57 Å². The van der Waals surface area contributed by atoms with Gasteiger partial charge >= 0.3 is 0 Å². The van der Waals surface area contributed by atoms with Gasteiger partial charge in [-0.2, -0.15) is 0 Å². The number of nitrogens with zero attached hydrogens (tertiary/aromatic N) is 3. The normalized spacial score (nSPS) is 10.4. The first kappa shape index (κ1) is 16.5. The number of benzene rings is 1. The van der Waals surface area contributed by atoms with Gasteiger partial charge in [0.05, 0.1) is 10.7 Å². The Bertz CT molecular complexity index is 984. The zero-order chi connectivity index (χ0) is 17.3. The Kier molecular flexibility index (Phi) is 4.57. The van der Waals surface area contributed by atoms with Crippen molar-refractivity contribution in [3.63, 3.8) is 0 Å². The Hall–Kier alpha value is -2.35. The maximum absolute atomic E-state index is 13.4. The van der Waals surface area contributed by atoms with Crippen molar-refractivity contribution >= 4 is 23.2 Å². The molecule has 3 nitrogen and oxygen atoms in total. The quantitative estimate of drug-likeness (QED) is 0.464. The maximum Gasteiger partial charge on any atom is 0.141 e. The molecule has 1 aromatic carbocycles. The molecule has 0 spiro atoms. The summed E-state index contributed by atoms with van der Waals surface area (Å²) in [6, 6.07) is 8.02. The van der Waals surface area contributed by atoms with Gasteiger partial charge in [-0.05, 0) is 50.1 Å². The second-order valence-corrected chi connectivity index (χ2v) is 5.94. The number of hydrogen-bond acceptors (Lipinski definition) is 2. The van der Waals surface area contributed by atoms with Crippen LogP contribution in [-0.2, 0) is 0 Å². The lowest BCUT2D eigenvalue weighted by molar-refractivity contribution is 0.627. The van der Waals surface area contributed by atoms with Crippen molar-refractivity contribution in [2.45, 2.75) is 13.8 Å². The van der Waals surface area contributed by atoms with Crippen molar-refractivity contribution in [1.82, 2.24) is 14.5 Å². The van der Waals surface area contributed by atoms with E-state index in [1.807, 2.05) is 18.4 Å². The summed E-state index contributed by atoms with van der Waals surface area (Å²) < 4.78 is 15.3. The number of halogens is 3. The van der Waals surface area contributed by atoms with Gasteiger partial charge in [0.2, 0.25) is 0 Å². The molecule has 120 valence electrons. The van der Waals surface area contributed by atoms with Crippen LogP contribution in [0.1, 0.15) is 22.8 Å². The van der Waals surface area contributed by atoms with Crippen molar-refractivity contribution < 1.29 is 4.39 Å². The number of hydrogen-bond donors (Lipinski definition) is 0. The zero-order valence-corrected chi connectivity index (χ0v) is 14.5. The first-order valence-electron chi connectivity index (χ1n) is 7.10. The van der Waals surface area contributed by atoms with Crippen LogP contribution in [0, 0.1) is 31.5 Å². The molecule has 24 heavy (non-hydrogen) atoms. The highest BCUT2D eigenvalue weighted by Gasteiger charge is 2.12. The number of imidazole rings is 1. The van der Waals surface area contributed by atoms with Gasteiger partial charge in [-0.1, -0.05) is 29.1 Å². The summed E-state index contributed by atoms with van der Waals surface area (Å²) in [5.74, 6) is 6.35. The fourth-order valence-electron chi connectivity index (χ4n) is 2.38. The van der Waals surface area contributed by atoms with Crippen molar-refractivity contribution in [3.8, 4) is 17.5 Å². The summed E-state index contributed by atoms with van der Waals surface area (Å²) in [7, 11) is 0. The fourth-order valence-corrected chi connectivity index (χ4v) is 2.72. The highest BCUT2D eigenvalue weighted by Crippen LogP contribution is 2.22. The van der Waals surface area contributed by atoms with Crippen LogP contribution >= 0.6 is 23.2 Å². The van der Waals surface area contributed by atoms with Crippen LogP contribution in [0.2, 0.25) is 10.2 Å². The standard InChI is InChI=1S/C18H12Cl2FN3/c1-11-17(6-3-13-7-8-22-18(20)9-13)23-12(2)24(11)14-4-5-16(21)15(19)10-14/h4-5,7-10H,1-2H3. The second kappa shape index (κ2) is 6.64. The molecule has 0 unspecified atom stereocenters. The molecule has 0 N–H and O–H groups in total. The molecule has 0 atom stereocenters. The topological polar surface area (TPSA) is 30.7 Å². The van der Waals surface area contributed by atoms with Crippen LogP contribution < -0.4 is 0 Å². The van der Waals surface area contributed by atoms with Gasteiger partial charge in [0.15, 0.2) is 0 Å². The van der Waals surface area contributed by atoms with Gasteiger partial charge in [0.25, 0.3) is 0 Å². The molecule has 3 aromatic rings. The number of pyridine rings is 1. The minimum absolute atomic E-state index is 0.0686. The first-order valence-corrected chi connectivity index (χ1v) is 7.86. The van der Waals surface area contributed by atoms with E-state index < -0.39 is 5.82 Å². The number of aryl methyl sites for hydroxylation is 1. The van der Waals surface area contributed by atoms with Crippen molar-refractivity contribution in [3.05, 3.63) is 75.3 Å². The average Bonchev–Trinajstić information content (AvgIpc) is 2.82. The van der Waals surface area contributed by atoms with E-state index >= 15 is 0 Å². The first-order chi connectivity index (χ1) is 11.5. The van der Waals surface area contributed by atoms with E-state index in [0.717, 1.165) is 22.8 Å². The van der Waals surface area contributed by atoms with Crippen molar-refractivity contribution in [2.24, 2.45) is 0 Å². The van der Waals surface area contributed by atoms with Crippen LogP contribution in [0.4, 0.5) is 4.39 Å². The number of rotatable bonds is 1. The SMILES string of the molecule is Cc1nc(C#Cc2ccnc(Cl)c2)c(C)n1-c1ccc(F)c(Cl)c1. The largest absolute Gasteiger partial charge is 0.300 e. The van der Waals surface area contributed by atoms with Gasteiger partial charge in [-0.15, -0.1) is 0 Å². The van der Waals surface area contributed by atoms with Crippen molar-refractivity contribution in [2.75, 3.05) is 0 Å². The second-order valence-electron chi connectivity index (χ2n) is 5.14. The molecule has 2 heterocycles.